The molecule has 1 aromatic carbocycles. The van der Waals surface area contributed by atoms with Crippen LogP contribution in [0.2, 0.25) is 0 Å². The fourth-order valence-corrected chi connectivity index (χ4v) is 5.42. The zero-order chi connectivity index (χ0) is 29.9. The van der Waals surface area contributed by atoms with Gasteiger partial charge in [-0.3, -0.25) is 19.4 Å². The highest BCUT2D eigenvalue weighted by Crippen LogP contribution is 2.22. The lowest BCUT2D eigenvalue weighted by molar-refractivity contribution is -0.143. The maximum absolute atomic E-state index is 13.4. The largest absolute Gasteiger partial charge is 0.480 e. The summed E-state index contributed by atoms with van der Waals surface area (Å²) >= 11 is 1.46. The van der Waals surface area contributed by atoms with E-state index >= 15 is 0 Å². The first kappa shape index (κ1) is 31.7. The Bertz CT molecular complexity index is 1250. The van der Waals surface area contributed by atoms with Crippen LogP contribution in [0, 0.1) is 0 Å². The van der Waals surface area contributed by atoms with E-state index in [1.54, 1.807) is 0 Å². The molecule has 3 amide bonds. The number of carbonyl (C=O) groups excluding carboxylic acids is 3. The minimum absolute atomic E-state index is 0.0953. The van der Waals surface area contributed by atoms with Crippen molar-refractivity contribution in [1.82, 2.24) is 20.5 Å². The number of hydrogen-bond donors (Lipinski definition) is 7. The number of likely N-dealkylation sites (tertiary alicyclic amines) is 1. The Hall–Kier alpha value is -3.78. The number of aromatic nitrogens is 1. The van der Waals surface area contributed by atoms with Gasteiger partial charge in [-0.15, -0.1) is 0 Å². The Morgan fingerprint density at radius 2 is 1.93 bits per heavy atom. The lowest BCUT2D eigenvalue weighted by atomic mass is 10.0. The van der Waals surface area contributed by atoms with Gasteiger partial charge >= 0.3 is 5.97 Å². The molecule has 1 saturated heterocycles. The third-order valence-corrected chi connectivity index (χ3v) is 7.72. The van der Waals surface area contributed by atoms with Gasteiger partial charge in [-0.1, -0.05) is 18.2 Å². The molecule has 10 N–H and O–H groups in total. The number of carbonyl (C=O) groups is 4. The smallest absolute Gasteiger partial charge is 0.326 e. The second-order valence-electron chi connectivity index (χ2n) is 10.1. The molecule has 2 aromatic rings. The lowest BCUT2D eigenvalue weighted by Crippen LogP contribution is -2.56. The molecule has 1 aliphatic heterocycles. The zero-order valence-electron chi connectivity index (χ0n) is 23.2. The molecular weight excluding hydrogens is 548 g/mol. The van der Waals surface area contributed by atoms with Crippen molar-refractivity contribution >= 4 is 52.3 Å². The Balaban J connectivity index is 1.68. The maximum atomic E-state index is 13.4. The van der Waals surface area contributed by atoms with Crippen molar-refractivity contribution in [3.63, 3.8) is 0 Å². The van der Waals surface area contributed by atoms with E-state index < -0.39 is 42.0 Å². The molecule has 0 bridgehead atoms. The number of thioether (sulfide) groups is 1. The summed E-state index contributed by atoms with van der Waals surface area (Å²) in [5.74, 6) is -2.17. The van der Waals surface area contributed by atoms with Gasteiger partial charge < -0.3 is 42.8 Å². The molecule has 14 heteroatoms. The summed E-state index contributed by atoms with van der Waals surface area (Å²) in [6.45, 7) is 0.600. The second-order valence-corrected chi connectivity index (χ2v) is 11.0. The van der Waals surface area contributed by atoms with Crippen molar-refractivity contribution in [2.75, 3.05) is 25.1 Å². The summed E-state index contributed by atoms with van der Waals surface area (Å²) in [4.78, 5) is 60.1. The lowest BCUT2D eigenvalue weighted by Gasteiger charge is -2.28. The average Bonchev–Trinajstić information content (AvgIpc) is 3.59. The number of aliphatic carboxylic acids is 1. The number of rotatable bonds is 15. The number of amides is 3. The van der Waals surface area contributed by atoms with E-state index in [2.05, 4.69) is 20.6 Å². The van der Waals surface area contributed by atoms with Crippen LogP contribution in [0.25, 0.3) is 10.9 Å². The normalized spacial score (nSPS) is 17.0. The summed E-state index contributed by atoms with van der Waals surface area (Å²) in [7, 11) is 0. The predicted molar refractivity (Wildman–Crippen MR) is 159 cm³/mol. The molecule has 0 radical (unpaired) electrons. The molecule has 4 atom stereocenters. The van der Waals surface area contributed by atoms with Crippen molar-refractivity contribution in [3.05, 3.63) is 36.0 Å². The van der Waals surface area contributed by atoms with E-state index in [0.717, 1.165) is 16.5 Å². The number of aliphatic imine (C=N–C) groups is 1. The van der Waals surface area contributed by atoms with Crippen LogP contribution in [-0.2, 0) is 25.6 Å². The number of benzene rings is 1. The molecule has 224 valence electrons. The summed E-state index contributed by atoms with van der Waals surface area (Å²) < 4.78 is 0. The van der Waals surface area contributed by atoms with Crippen molar-refractivity contribution in [3.8, 4) is 0 Å². The van der Waals surface area contributed by atoms with Crippen molar-refractivity contribution in [1.29, 1.82) is 0 Å². The van der Waals surface area contributed by atoms with Crippen LogP contribution in [-0.4, -0.2) is 93.9 Å². The van der Waals surface area contributed by atoms with Crippen molar-refractivity contribution in [2.45, 2.75) is 62.7 Å². The molecular formula is C27H40N8O5S. The number of para-hydroxylation sites is 1. The summed E-state index contributed by atoms with van der Waals surface area (Å²) in [6.07, 6.45) is 5.78. The van der Waals surface area contributed by atoms with Crippen molar-refractivity contribution < 1.29 is 24.3 Å². The molecule has 1 fully saturated rings. The van der Waals surface area contributed by atoms with Gasteiger partial charge in [-0.25, -0.2) is 4.79 Å². The van der Waals surface area contributed by atoms with Crippen LogP contribution < -0.4 is 27.8 Å². The maximum Gasteiger partial charge on any atom is 0.326 e. The third-order valence-electron chi connectivity index (χ3n) is 7.07. The first-order valence-corrected chi connectivity index (χ1v) is 15.0. The number of H-pyrrole nitrogens is 1. The van der Waals surface area contributed by atoms with Crippen LogP contribution in [0.5, 0.6) is 0 Å². The number of nitrogens with two attached hydrogens (primary N) is 3. The number of aromatic amines is 1. The van der Waals surface area contributed by atoms with E-state index in [1.807, 2.05) is 36.7 Å². The van der Waals surface area contributed by atoms with Gasteiger partial charge in [0, 0.05) is 30.2 Å². The molecule has 0 aliphatic carbocycles. The number of nitrogens with zero attached hydrogens (tertiary/aromatic N) is 2. The number of carboxylic acid groups (broad SMARTS) is 1. The van der Waals surface area contributed by atoms with Crippen LogP contribution in [0.4, 0.5) is 0 Å². The molecule has 0 saturated carbocycles. The summed E-state index contributed by atoms with van der Waals surface area (Å²) in [5.41, 5.74) is 18.9. The second kappa shape index (κ2) is 15.3. The quantitative estimate of drug-likeness (QED) is 0.0836. The van der Waals surface area contributed by atoms with Crippen molar-refractivity contribution in [2.24, 2.45) is 22.2 Å². The van der Waals surface area contributed by atoms with Gasteiger partial charge in [0.1, 0.15) is 18.1 Å². The molecule has 41 heavy (non-hydrogen) atoms. The first-order valence-electron chi connectivity index (χ1n) is 13.6. The Morgan fingerprint density at radius 1 is 1.17 bits per heavy atom. The molecule has 13 nitrogen and oxygen atoms in total. The molecule has 0 spiro atoms. The Morgan fingerprint density at radius 3 is 2.63 bits per heavy atom. The number of carboxylic acids is 1. The highest BCUT2D eigenvalue weighted by Gasteiger charge is 2.38. The standard InChI is InChI=1S/C27H40N8O5S/c1-41-13-10-21(26(39)40)34-23(36)20(8-4-11-31-27(29)30)33-24(37)22-9-5-12-35(22)25(38)18(28)14-16-15-32-19-7-3-2-6-17(16)19/h2-3,6-7,15,18,20-22,32H,4-5,8-14,28H2,1H3,(H,33,37)(H,34,36)(H,39,40)(H4,29,30,31). The van der Waals surface area contributed by atoms with Gasteiger partial charge in [0.15, 0.2) is 5.96 Å². The minimum atomic E-state index is -1.16. The number of hydrogen-bond acceptors (Lipinski definition) is 7. The number of fused-ring (bicyclic) bond motifs is 1. The Kier molecular flexibility index (Phi) is 11.8. The van der Waals surface area contributed by atoms with Gasteiger partial charge in [0.2, 0.25) is 17.7 Å². The first-order chi connectivity index (χ1) is 19.6. The van der Waals surface area contributed by atoms with Gasteiger partial charge in [0.05, 0.1) is 6.04 Å². The van der Waals surface area contributed by atoms with E-state index in [9.17, 15) is 24.3 Å². The fraction of sp³-hybridized carbons (Fsp3) is 0.519. The van der Waals surface area contributed by atoms with Gasteiger partial charge in [0.25, 0.3) is 0 Å². The van der Waals surface area contributed by atoms with E-state index in [4.69, 9.17) is 17.2 Å². The van der Waals surface area contributed by atoms with Gasteiger partial charge in [-0.2, -0.15) is 11.8 Å². The number of nitrogens with one attached hydrogen (secondary N) is 3. The summed E-state index contributed by atoms with van der Waals surface area (Å²) in [6, 6.07) is 3.95. The molecule has 1 aliphatic rings. The highest BCUT2D eigenvalue weighted by atomic mass is 32.2. The average molecular weight is 589 g/mol. The third kappa shape index (κ3) is 8.85. The van der Waals surface area contributed by atoms with E-state index in [-0.39, 0.29) is 31.3 Å². The van der Waals surface area contributed by atoms with E-state index in [0.29, 0.717) is 38.0 Å². The van der Waals surface area contributed by atoms with Crippen LogP contribution in [0.1, 0.15) is 37.7 Å². The van der Waals surface area contributed by atoms with Crippen LogP contribution in [0.15, 0.2) is 35.5 Å². The number of guanidine groups is 1. The molecule has 3 rings (SSSR count). The molecule has 2 heterocycles. The molecule has 4 unspecified atom stereocenters. The highest BCUT2D eigenvalue weighted by molar-refractivity contribution is 7.98. The topological polar surface area (TPSA) is 222 Å². The SMILES string of the molecule is CSCCC(NC(=O)C(CCCN=C(N)N)NC(=O)C1CCCN1C(=O)C(N)Cc1c[nH]c2ccccc12)C(=O)O. The monoisotopic (exact) mass is 588 g/mol. The minimum Gasteiger partial charge on any atom is -0.480 e. The Labute approximate surface area is 243 Å². The van der Waals surface area contributed by atoms with Crippen LogP contribution >= 0.6 is 11.8 Å². The van der Waals surface area contributed by atoms with E-state index in [1.165, 1.54) is 16.7 Å². The van der Waals surface area contributed by atoms with Gasteiger partial charge in [-0.05, 0) is 62.2 Å². The predicted octanol–water partition coefficient (Wildman–Crippen LogP) is -0.110. The summed E-state index contributed by atoms with van der Waals surface area (Å²) in [5, 5.41) is 15.8. The zero-order valence-corrected chi connectivity index (χ0v) is 24.0. The fourth-order valence-electron chi connectivity index (χ4n) is 4.95. The van der Waals surface area contributed by atoms with Crippen LogP contribution in [0.3, 0.4) is 0 Å². The molecule has 1 aromatic heterocycles.